The molecule has 0 aliphatic rings. The molecule has 0 aliphatic heterocycles. The molecular weight excluding hydrogens is 340 g/mol. The third kappa shape index (κ3) is 14.2. The number of nitrogens with two attached hydrogens (primary N) is 1. The normalized spacial score (nSPS) is 12.4. The molecule has 162 valence electrons. The van der Waals surface area contributed by atoms with Gasteiger partial charge in [-0.25, -0.2) is 0 Å². The van der Waals surface area contributed by atoms with E-state index in [4.69, 9.17) is 5.73 Å². The molecule has 0 amide bonds. The fraction of sp³-hybridized carbons (Fsp3) is 0.769. The Kier molecular flexibility index (Phi) is 17.5. The van der Waals surface area contributed by atoms with E-state index in [9.17, 15) is 0 Å². The Morgan fingerprint density at radius 1 is 0.679 bits per heavy atom. The van der Waals surface area contributed by atoms with Crippen molar-refractivity contribution in [3.8, 4) is 0 Å². The van der Waals surface area contributed by atoms with E-state index in [1.807, 2.05) is 0 Å². The Hall–Kier alpha value is -0.860. The van der Waals surface area contributed by atoms with Crippen molar-refractivity contribution in [2.45, 2.75) is 116 Å². The second-order valence-corrected chi connectivity index (χ2v) is 8.44. The van der Waals surface area contributed by atoms with Crippen molar-refractivity contribution in [2.75, 3.05) is 13.1 Å². The van der Waals surface area contributed by atoms with Gasteiger partial charge in [0.2, 0.25) is 0 Å². The zero-order valence-corrected chi connectivity index (χ0v) is 18.8. The summed E-state index contributed by atoms with van der Waals surface area (Å²) in [5.74, 6) is 0. The van der Waals surface area contributed by atoms with Crippen LogP contribution in [0.2, 0.25) is 0 Å². The monoisotopic (exact) mass is 388 g/mol. The molecular formula is C26H48N2. The molecule has 0 heterocycles. The quantitative estimate of drug-likeness (QED) is 0.226. The lowest BCUT2D eigenvalue weighted by Crippen LogP contribution is -2.27. The molecule has 28 heavy (non-hydrogen) atoms. The van der Waals surface area contributed by atoms with Crippen molar-refractivity contribution in [3.05, 3.63) is 35.9 Å². The molecule has 2 heteroatoms. The van der Waals surface area contributed by atoms with Gasteiger partial charge in [0.05, 0.1) is 0 Å². The summed E-state index contributed by atoms with van der Waals surface area (Å²) in [7, 11) is 0. The highest BCUT2D eigenvalue weighted by molar-refractivity contribution is 5.18. The summed E-state index contributed by atoms with van der Waals surface area (Å²) in [4.78, 5) is 0. The minimum Gasteiger partial charge on any atom is -0.329 e. The van der Waals surface area contributed by atoms with Crippen molar-refractivity contribution >= 4 is 0 Å². The van der Waals surface area contributed by atoms with E-state index in [2.05, 4.69) is 42.6 Å². The minimum absolute atomic E-state index is 0.465. The average molecular weight is 389 g/mol. The third-order valence-electron chi connectivity index (χ3n) is 5.83. The minimum atomic E-state index is 0.465. The van der Waals surface area contributed by atoms with E-state index >= 15 is 0 Å². The highest BCUT2D eigenvalue weighted by Gasteiger charge is 2.09. The third-order valence-corrected chi connectivity index (χ3v) is 5.83. The van der Waals surface area contributed by atoms with Gasteiger partial charge in [-0.05, 0) is 12.0 Å². The maximum atomic E-state index is 5.68. The van der Waals surface area contributed by atoms with E-state index in [0.717, 1.165) is 6.54 Å². The summed E-state index contributed by atoms with van der Waals surface area (Å²) in [6.45, 7) is 3.91. The van der Waals surface area contributed by atoms with Crippen molar-refractivity contribution in [1.82, 2.24) is 5.32 Å². The highest BCUT2D eigenvalue weighted by atomic mass is 14.9. The van der Waals surface area contributed by atoms with Crippen LogP contribution in [-0.4, -0.2) is 13.1 Å². The Balaban J connectivity index is 1.92. The van der Waals surface area contributed by atoms with Gasteiger partial charge in [-0.3, -0.25) is 0 Å². The van der Waals surface area contributed by atoms with Gasteiger partial charge < -0.3 is 11.1 Å². The smallest absolute Gasteiger partial charge is 0.0320 e. The summed E-state index contributed by atoms with van der Waals surface area (Å²) < 4.78 is 0. The van der Waals surface area contributed by atoms with Crippen LogP contribution in [0.1, 0.15) is 121 Å². The van der Waals surface area contributed by atoms with Crippen LogP contribution in [0.5, 0.6) is 0 Å². The lowest BCUT2D eigenvalue weighted by molar-refractivity contribution is 0.468. The summed E-state index contributed by atoms with van der Waals surface area (Å²) in [5, 5.41) is 3.61. The lowest BCUT2D eigenvalue weighted by atomic mass is 9.99. The van der Waals surface area contributed by atoms with E-state index < -0.39 is 0 Å². The number of hydrogen-bond donors (Lipinski definition) is 2. The van der Waals surface area contributed by atoms with Gasteiger partial charge in [0, 0.05) is 19.1 Å². The molecule has 0 bridgehead atoms. The van der Waals surface area contributed by atoms with Gasteiger partial charge in [-0.15, -0.1) is 0 Å². The molecule has 0 saturated carbocycles. The molecule has 0 aliphatic carbocycles. The van der Waals surface area contributed by atoms with E-state index in [-0.39, 0.29) is 0 Å². The molecule has 0 radical (unpaired) electrons. The number of rotatable bonds is 20. The first kappa shape index (κ1) is 25.2. The number of benzene rings is 1. The Bertz CT molecular complexity index is 418. The van der Waals surface area contributed by atoms with Gasteiger partial charge in [-0.2, -0.15) is 0 Å². The average Bonchev–Trinajstić information content (AvgIpc) is 2.73. The Morgan fingerprint density at radius 3 is 1.61 bits per heavy atom. The Morgan fingerprint density at radius 2 is 1.14 bits per heavy atom. The van der Waals surface area contributed by atoms with Crippen LogP contribution in [0.4, 0.5) is 0 Å². The van der Waals surface area contributed by atoms with E-state index in [1.165, 1.54) is 108 Å². The first-order chi connectivity index (χ1) is 13.9. The lowest BCUT2D eigenvalue weighted by Gasteiger charge is -2.19. The number of nitrogens with one attached hydrogen (secondary N) is 1. The van der Waals surface area contributed by atoms with Gasteiger partial charge in [0.25, 0.3) is 0 Å². The van der Waals surface area contributed by atoms with Crippen LogP contribution in [0.3, 0.4) is 0 Å². The first-order valence-corrected chi connectivity index (χ1v) is 12.4. The highest BCUT2D eigenvalue weighted by Crippen LogP contribution is 2.20. The predicted molar refractivity (Wildman–Crippen MR) is 126 cm³/mol. The van der Waals surface area contributed by atoms with E-state index in [0.29, 0.717) is 12.6 Å². The molecule has 3 N–H and O–H groups in total. The molecule has 0 spiro atoms. The largest absolute Gasteiger partial charge is 0.329 e. The topological polar surface area (TPSA) is 38.0 Å². The second-order valence-electron chi connectivity index (χ2n) is 8.44. The van der Waals surface area contributed by atoms with Crippen LogP contribution < -0.4 is 11.1 Å². The molecule has 0 fully saturated rings. The number of unbranched alkanes of at least 4 members (excludes halogenated alkanes) is 14. The van der Waals surface area contributed by atoms with Crippen LogP contribution in [-0.2, 0) is 0 Å². The zero-order valence-electron chi connectivity index (χ0n) is 18.8. The summed E-state index contributed by atoms with van der Waals surface area (Å²) >= 11 is 0. The fourth-order valence-corrected chi connectivity index (χ4v) is 4.05. The second kappa shape index (κ2) is 19.5. The fourth-order valence-electron chi connectivity index (χ4n) is 4.05. The summed E-state index contributed by atoms with van der Waals surface area (Å²) in [5.41, 5.74) is 7.08. The molecule has 1 aromatic rings. The molecule has 1 rings (SSSR count). The number of hydrogen-bond acceptors (Lipinski definition) is 2. The van der Waals surface area contributed by atoms with Crippen molar-refractivity contribution in [3.63, 3.8) is 0 Å². The molecule has 1 aromatic carbocycles. The van der Waals surface area contributed by atoms with Crippen molar-refractivity contribution in [2.24, 2.45) is 5.73 Å². The van der Waals surface area contributed by atoms with Crippen LogP contribution in [0.25, 0.3) is 0 Å². The Labute approximate surface area is 176 Å². The summed E-state index contributed by atoms with van der Waals surface area (Å²) in [6.07, 6.45) is 22.6. The molecule has 2 nitrogen and oxygen atoms in total. The standard InChI is InChI=1S/C26H48N2/c1-2-3-4-5-6-7-8-9-10-11-12-13-14-15-19-22-26(28-24-23-27)25-20-17-16-18-21-25/h16-18,20-21,26,28H,2-15,19,22-24,27H2,1H3. The zero-order chi connectivity index (χ0) is 20.1. The molecule has 0 aromatic heterocycles. The van der Waals surface area contributed by atoms with Crippen LogP contribution in [0.15, 0.2) is 30.3 Å². The van der Waals surface area contributed by atoms with Gasteiger partial charge in [-0.1, -0.05) is 134 Å². The first-order valence-electron chi connectivity index (χ1n) is 12.4. The van der Waals surface area contributed by atoms with Crippen molar-refractivity contribution in [1.29, 1.82) is 0 Å². The molecule has 1 atom stereocenters. The van der Waals surface area contributed by atoms with Gasteiger partial charge in [0.15, 0.2) is 0 Å². The SMILES string of the molecule is CCCCCCCCCCCCCCCCCC(NCCN)c1ccccc1. The predicted octanol–water partition coefficient (Wildman–Crippen LogP) is 7.54. The summed E-state index contributed by atoms with van der Waals surface area (Å²) in [6, 6.07) is 11.3. The molecule has 1 unspecified atom stereocenters. The maximum absolute atomic E-state index is 5.68. The van der Waals surface area contributed by atoms with E-state index in [1.54, 1.807) is 0 Å². The molecule has 0 saturated heterocycles. The van der Waals surface area contributed by atoms with Gasteiger partial charge in [0.1, 0.15) is 0 Å². The maximum Gasteiger partial charge on any atom is 0.0320 e. The van der Waals surface area contributed by atoms with Crippen LogP contribution in [0, 0.1) is 0 Å². The van der Waals surface area contributed by atoms with Crippen molar-refractivity contribution < 1.29 is 0 Å². The van der Waals surface area contributed by atoms with Crippen LogP contribution >= 0.6 is 0 Å². The van der Waals surface area contributed by atoms with Gasteiger partial charge >= 0.3 is 0 Å².